The number of hydrogen-bond acceptors (Lipinski definition) is 2. The molecule has 4 aromatic rings. The normalized spacial score (nSPS) is 12.1. The highest BCUT2D eigenvalue weighted by Gasteiger charge is 2.22. The number of hydrogen-bond donors (Lipinski definition) is 1. The summed E-state index contributed by atoms with van der Waals surface area (Å²) >= 11 is 0. The van der Waals surface area contributed by atoms with Crippen molar-refractivity contribution in [2.45, 2.75) is 65.6 Å². The van der Waals surface area contributed by atoms with Gasteiger partial charge in [0.1, 0.15) is 18.1 Å². The van der Waals surface area contributed by atoms with Crippen molar-refractivity contribution in [1.82, 2.24) is 9.88 Å². The SMILES string of the molecule is CC(C)(C)NC(=O)c1cc2c(OCc3ccccc3)cccc2n1Cc1ccc(C(C)(C)C)cc1. The fourth-order valence-electron chi connectivity index (χ4n) is 4.17. The number of nitrogens with one attached hydrogen (secondary N) is 1. The van der Waals surface area contributed by atoms with Gasteiger partial charge in [0.25, 0.3) is 5.91 Å². The molecule has 0 fully saturated rings. The molecule has 0 atom stereocenters. The van der Waals surface area contributed by atoms with Crippen LogP contribution in [0, 0.1) is 0 Å². The first kappa shape index (κ1) is 24.6. The number of carbonyl (C=O) groups is 1. The van der Waals surface area contributed by atoms with Crippen LogP contribution in [0.5, 0.6) is 5.75 Å². The maximum absolute atomic E-state index is 13.3. The van der Waals surface area contributed by atoms with E-state index in [0.29, 0.717) is 18.8 Å². The van der Waals surface area contributed by atoms with Gasteiger partial charge in [0, 0.05) is 17.5 Å². The Labute approximate surface area is 208 Å². The average molecular weight is 469 g/mol. The van der Waals surface area contributed by atoms with Crippen LogP contribution >= 0.6 is 0 Å². The molecule has 4 rings (SSSR count). The van der Waals surface area contributed by atoms with Crippen molar-refractivity contribution in [3.8, 4) is 5.75 Å². The van der Waals surface area contributed by atoms with Crippen molar-refractivity contribution in [2.24, 2.45) is 0 Å². The monoisotopic (exact) mass is 468 g/mol. The molecular weight excluding hydrogens is 432 g/mol. The fourth-order valence-corrected chi connectivity index (χ4v) is 4.17. The minimum absolute atomic E-state index is 0.0889. The molecule has 0 bridgehead atoms. The first-order valence-corrected chi connectivity index (χ1v) is 12.2. The Hall–Kier alpha value is -3.53. The van der Waals surface area contributed by atoms with Crippen LogP contribution in [0.3, 0.4) is 0 Å². The number of aromatic nitrogens is 1. The van der Waals surface area contributed by atoms with Crippen LogP contribution in [0.15, 0.2) is 78.9 Å². The van der Waals surface area contributed by atoms with Crippen molar-refractivity contribution >= 4 is 16.8 Å². The second kappa shape index (κ2) is 9.61. The minimum atomic E-state index is -0.334. The molecule has 0 radical (unpaired) electrons. The van der Waals surface area contributed by atoms with Gasteiger partial charge in [-0.05, 0) is 61.1 Å². The highest BCUT2D eigenvalue weighted by atomic mass is 16.5. The van der Waals surface area contributed by atoms with Crippen molar-refractivity contribution in [2.75, 3.05) is 0 Å². The molecule has 4 heteroatoms. The number of rotatable bonds is 6. The van der Waals surface area contributed by atoms with Gasteiger partial charge in [-0.25, -0.2) is 0 Å². The molecule has 0 unspecified atom stereocenters. The molecule has 1 heterocycles. The van der Waals surface area contributed by atoms with E-state index in [9.17, 15) is 4.79 Å². The molecule has 0 aliphatic rings. The second-order valence-corrected chi connectivity index (χ2v) is 11.2. The number of carbonyl (C=O) groups excluding carboxylic acids is 1. The average Bonchev–Trinajstić information content (AvgIpc) is 3.16. The van der Waals surface area contributed by atoms with Gasteiger partial charge in [0.05, 0.1) is 5.52 Å². The summed E-state index contributed by atoms with van der Waals surface area (Å²) < 4.78 is 8.31. The Kier molecular flexibility index (Phi) is 6.75. The lowest BCUT2D eigenvalue weighted by atomic mass is 9.87. The second-order valence-electron chi connectivity index (χ2n) is 11.2. The summed E-state index contributed by atoms with van der Waals surface area (Å²) in [6.45, 7) is 13.7. The maximum Gasteiger partial charge on any atom is 0.268 e. The molecule has 0 saturated carbocycles. The fraction of sp³-hybridized carbons (Fsp3) is 0.323. The zero-order valence-corrected chi connectivity index (χ0v) is 21.7. The van der Waals surface area contributed by atoms with Gasteiger partial charge in [-0.1, -0.05) is 81.4 Å². The molecule has 4 nitrogen and oxygen atoms in total. The van der Waals surface area contributed by atoms with Gasteiger partial charge >= 0.3 is 0 Å². The summed E-state index contributed by atoms with van der Waals surface area (Å²) in [4.78, 5) is 13.3. The van der Waals surface area contributed by atoms with Crippen LogP contribution in [0.25, 0.3) is 10.9 Å². The van der Waals surface area contributed by atoms with Crippen LogP contribution in [-0.2, 0) is 18.6 Å². The summed E-state index contributed by atoms with van der Waals surface area (Å²) in [5, 5.41) is 4.07. The predicted octanol–water partition coefficient (Wildman–Crippen LogP) is 7.09. The maximum atomic E-state index is 13.3. The summed E-state index contributed by atoms with van der Waals surface area (Å²) in [7, 11) is 0. The highest BCUT2D eigenvalue weighted by Crippen LogP contribution is 2.31. The first-order chi connectivity index (χ1) is 16.5. The number of amides is 1. The Morgan fingerprint density at radius 3 is 2.14 bits per heavy atom. The van der Waals surface area contributed by atoms with Crippen LogP contribution in [0.4, 0.5) is 0 Å². The topological polar surface area (TPSA) is 43.3 Å². The zero-order chi connectivity index (χ0) is 25.2. The highest BCUT2D eigenvalue weighted by molar-refractivity contribution is 6.00. The van der Waals surface area contributed by atoms with Gasteiger partial charge in [0.2, 0.25) is 0 Å². The van der Waals surface area contributed by atoms with Crippen LogP contribution in [0.2, 0.25) is 0 Å². The largest absolute Gasteiger partial charge is 0.488 e. The lowest BCUT2D eigenvalue weighted by Crippen LogP contribution is -2.41. The molecule has 3 aromatic carbocycles. The van der Waals surface area contributed by atoms with Gasteiger partial charge in [-0.2, -0.15) is 0 Å². The quantitative estimate of drug-likeness (QED) is 0.328. The third kappa shape index (κ3) is 5.94. The van der Waals surface area contributed by atoms with Crippen molar-refractivity contribution in [3.63, 3.8) is 0 Å². The smallest absolute Gasteiger partial charge is 0.268 e. The molecule has 35 heavy (non-hydrogen) atoms. The molecule has 0 aliphatic heterocycles. The number of ether oxygens (including phenoxy) is 1. The number of nitrogens with zero attached hydrogens (tertiary/aromatic N) is 1. The van der Waals surface area contributed by atoms with Gasteiger partial charge < -0.3 is 14.6 Å². The third-order valence-electron chi connectivity index (χ3n) is 6.02. The predicted molar refractivity (Wildman–Crippen MR) is 144 cm³/mol. The van der Waals surface area contributed by atoms with E-state index in [1.165, 1.54) is 5.56 Å². The standard InChI is InChI=1S/C31H36N2O2/c1-30(2,3)24-17-15-22(16-18-24)20-33-26-13-10-14-28(35-21-23-11-8-7-9-12-23)25(26)19-27(33)29(34)32-31(4,5)6/h7-19H,20-21H2,1-6H3,(H,32,34). The molecule has 0 spiro atoms. The summed E-state index contributed by atoms with van der Waals surface area (Å²) in [6.07, 6.45) is 0. The Bertz CT molecular complexity index is 1300. The lowest BCUT2D eigenvalue weighted by Gasteiger charge is -2.21. The third-order valence-corrected chi connectivity index (χ3v) is 6.02. The van der Waals surface area contributed by atoms with E-state index < -0.39 is 0 Å². The van der Waals surface area contributed by atoms with Crippen molar-refractivity contribution in [1.29, 1.82) is 0 Å². The summed E-state index contributed by atoms with van der Waals surface area (Å²) in [5.41, 5.74) is 4.92. The van der Waals surface area contributed by atoms with E-state index in [1.807, 2.05) is 57.2 Å². The molecule has 182 valence electrons. The molecule has 1 amide bonds. The van der Waals surface area contributed by atoms with E-state index in [0.717, 1.165) is 27.8 Å². The molecule has 1 N–H and O–H groups in total. The van der Waals surface area contributed by atoms with Gasteiger partial charge in [-0.3, -0.25) is 4.79 Å². The number of benzene rings is 3. The molecule has 0 aliphatic carbocycles. The first-order valence-electron chi connectivity index (χ1n) is 12.2. The van der Waals surface area contributed by atoms with E-state index >= 15 is 0 Å². The molecular formula is C31H36N2O2. The molecule has 0 saturated heterocycles. The van der Waals surface area contributed by atoms with E-state index in [2.05, 4.69) is 73.1 Å². The molecule has 1 aromatic heterocycles. The summed E-state index contributed by atoms with van der Waals surface area (Å²) in [6, 6.07) is 26.8. The number of fused-ring (bicyclic) bond motifs is 1. The zero-order valence-electron chi connectivity index (χ0n) is 21.7. The Morgan fingerprint density at radius 2 is 1.51 bits per heavy atom. The van der Waals surface area contributed by atoms with Crippen molar-refractivity contribution in [3.05, 3.63) is 101 Å². The Balaban J connectivity index is 1.73. The van der Waals surface area contributed by atoms with E-state index in [4.69, 9.17) is 4.74 Å². The van der Waals surface area contributed by atoms with E-state index in [1.54, 1.807) is 0 Å². The minimum Gasteiger partial charge on any atom is -0.488 e. The van der Waals surface area contributed by atoms with Crippen LogP contribution in [0.1, 0.15) is 68.7 Å². The van der Waals surface area contributed by atoms with Crippen LogP contribution < -0.4 is 10.1 Å². The van der Waals surface area contributed by atoms with Crippen molar-refractivity contribution < 1.29 is 9.53 Å². The van der Waals surface area contributed by atoms with Gasteiger partial charge in [0.15, 0.2) is 0 Å². The lowest BCUT2D eigenvalue weighted by molar-refractivity contribution is 0.0911. The summed E-state index contributed by atoms with van der Waals surface area (Å²) in [5.74, 6) is 0.687. The Morgan fingerprint density at radius 1 is 0.829 bits per heavy atom. The van der Waals surface area contributed by atoms with E-state index in [-0.39, 0.29) is 16.9 Å². The van der Waals surface area contributed by atoms with Gasteiger partial charge in [-0.15, -0.1) is 0 Å². The van der Waals surface area contributed by atoms with Crippen LogP contribution in [-0.4, -0.2) is 16.0 Å².